The molecule has 0 radical (unpaired) electrons. The van der Waals surface area contributed by atoms with Gasteiger partial charge in [0.1, 0.15) is 30.5 Å². The summed E-state index contributed by atoms with van der Waals surface area (Å²) >= 11 is 0. The molecule has 0 spiro atoms. The number of carbonyl (C=O) groups excluding carboxylic acids is 1. The zero-order valence-corrected chi connectivity index (χ0v) is 37.2. The van der Waals surface area contributed by atoms with Crippen LogP contribution in [0.1, 0.15) is 174 Å². The molecule has 9 heteroatoms. The summed E-state index contributed by atoms with van der Waals surface area (Å²) in [7, 11) is 0. The second-order valence-electron chi connectivity index (χ2n) is 15.8. The van der Waals surface area contributed by atoms with Crippen molar-refractivity contribution in [2.75, 3.05) is 26.4 Å². The lowest BCUT2D eigenvalue weighted by Gasteiger charge is -2.39. The molecular formula is C50H86O9. The van der Waals surface area contributed by atoms with Crippen molar-refractivity contribution < 1.29 is 44.2 Å². The molecule has 59 heavy (non-hydrogen) atoms. The molecule has 6 unspecified atom stereocenters. The van der Waals surface area contributed by atoms with Gasteiger partial charge in [-0.25, -0.2) is 0 Å². The Bertz CT molecular complexity index is 1130. The van der Waals surface area contributed by atoms with Gasteiger partial charge in [0.25, 0.3) is 0 Å². The van der Waals surface area contributed by atoms with E-state index in [1.54, 1.807) is 0 Å². The number of hydrogen-bond acceptors (Lipinski definition) is 9. The molecule has 4 N–H and O–H groups in total. The van der Waals surface area contributed by atoms with E-state index >= 15 is 0 Å². The standard InChI is InChI=1S/C50H86O9/c1-3-5-7-9-11-13-15-17-19-21-22-23-24-26-28-30-32-34-36-38-40-56-42-44(43-57-50-49(55)48(54)47(53)45(41-51)59-50)58-46(52)39-37-35-33-31-29-27-25-20-18-16-14-12-10-8-6-4-2/h5,7,11,13,17,19-20,22-23,25-26,28,44-45,47-51,53-55H,3-4,6,8-10,12,14-16,18,21,24,27,29-43H2,1-2H3/b7-5-,13-11-,19-17-,23-22-,25-20-,28-26-. The number of aliphatic hydroxyl groups is 4. The summed E-state index contributed by atoms with van der Waals surface area (Å²) in [5, 5.41) is 40.2. The van der Waals surface area contributed by atoms with Gasteiger partial charge in [-0.05, 0) is 83.5 Å². The minimum absolute atomic E-state index is 0.121. The lowest BCUT2D eigenvalue weighted by molar-refractivity contribution is -0.305. The van der Waals surface area contributed by atoms with Gasteiger partial charge >= 0.3 is 5.97 Å². The number of unbranched alkanes of at least 4 members (excludes halogenated alkanes) is 16. The second kappa shape index (κ2) is 41.0. The summed E-state index contributed by atoms with van der Waals surface area (Å²) in [6.45, 7) is 4.36. The van der Waals surface area contributed by atoms with Crippen molar-refractivity contribution in [1.29, 1.82) is 0 Å². The van der Waals surface area contributed by atoms with Crippen LogP contribution in [0, 0.1) is 0 Å². The molecule has 1 heterocycles. The average Bonchev–Trinajstić information content (AvgIpc) is 3.24. The molecule has 0 saturated carbocycles. The molecule has 340 valence electrons. The van der Waals surface area contributed by atoms with Crippen molar-refractivity contribution >= 4 is 5.97 Å². The molecule has 0 aliphatic carbocycles. The highest BCUT2D eigenvalue weighted by Gasteiger charge is 2.44. The first-order valence-corrected chi connectivity index (χ1v) is 23.5. The Kier molecular flexibility index (Phi) is 38.0. The van der Waals surface area contributed by atoms with Crippen molar-refractivity contribution in [3.63, 3.8) is 0 Å². The molecule has 1 aliphatic rings. The molecule has 0 aromatic heterocycles. The van der Waals surface area contributed by atoms with Gasteiger partial charge in [0, 0.05) is 13.0 Å². The smallest absolute Gasteiger partial charge is 0.306 e. The van der Waals surface area contributed by atoms with Crippen LogP contribution in [0.5, 0.6) is 0 Å². The Hall–Kier alpha value is -2.37. The van der Waals surface area contributed by atoms with Gasteiger partial charge in [0.05, 0.1) is 19.8 Å². The van der Waals surface area contributed by atoms with Crippen LogP contribution in [0.4, 0.5) is 0 Å². The van der Waals surface area contributed by atoms with E-state index in [9.17, 15) is 25.2 Å². The number of hydrogen-bond donors (Lipinski definition) is 4. The first-order chi connectivity index (χ1) is 28.9. The topological polar surface area (TPSA) is 135 Å². The fraction of sp³-hybridized carbons (Fsp3) is 0.740. The molecule has 0 bridgehead atoms. The molecule has 1 rings (SSSR count). The van der Waals surface area contributed by atoms with Crippen molar-refractivity contribution in [3.05, 3.63) is 72.9 Å². The Balaban J connectivity index is 2.29. The highest BCUT2D eigenvalue weighted by Crippen LogP contribution is 2.22. The Morgan fingerprint density at radius 3 is 1.58 bits per heavy atom. The van der Waals surface area contributed by atoms with E-state index in [1.165, 1.54) is 51.4 Å². The van der Waals surface area contributed by atoms with E-state index in [0.717, 1.165) is 103 Å². The molecule has 0 aromatic rings. The van der Waals surface area contributed by atoms with Crippen LogP contribution < -0.4 is 0 Å². The largest absolute Gasteiger partial charge is 0.457 e. The minimum atomic E-state index is -1.55. The number of aliphatic hydroxyl groups excluding tert-OH is 4. The predicted molar refractivity (Wildman–Crippen MR) is 242 cm³/mol. The zero-order chi connectivity index (χ0) is 42.9. The first-order valence-electron chi connectivity index (χ1n) is 23.5. The number of allylic oxidation sites excluding steroid dienone is 12. The van der Waals surface area contributed by atoms with Gasteiger partial charge in [-0.3, -0.25) is 4.79 Å². The van der Waals surface area contributed by atoms with Gasteiger partial charge in [0.15, 0.2) is 6.29 Å². The van der Waals surface area contributed by atoms with Crippen molar-refractivity contribution in [3.8, 4) is 0 Å². The van der Waals surface area contributed by atoms with Crippen LogP contribution in [-0.4, -0.2) is 89.6 Å². The zero-order valence-electron chi connectivity index (χ0n) is 37.2. The van der Waals surface area contributed by atoms with Crippen LogP contribution in [0.2, 0.25) is 0 Å². The molecule has 1 aliphatic heterocycles. The maximum absolute atomic E-state index is 12.8. The van der Waals surface area contributed by atoms with E-state index < -0.39 is 43.4 Å². The summed E-state index contributed by atoms with van der Waals surface area (Å²) in [5.74, 6) is -0.334. The highest BCUT2D eigenvalue weighted by molar-refractivity contribution is 5.69. The normalized spacial score (nSPS) is 20.8. The number of esters is 1. The van der Waals surface area contributed by atoms with Crippen LogP contribution in [0.25, 0.3) is 0 Å². The summed E-state index contributed by atoms with van der Waals surface area (Å²) in [4.78, 5) is 12.8. The Labute approximate surface area is 359 Å². The van der Waals surface area contributed by atoms with E-state index in [1.807, 2.05) is 0 Å². The van der Waals surface area contributed by atoms with E-state index in [4.69, 9.17) is 18.9 Å². The maximum Gasteiger partial charge on any atom is 0.306 e. The Morgan fingerprint density at radius 2 is 1.03 bits per heavy atom. The second-order valence-corrected chi connectivity index (χ2v) is 15.8. The third-order valence-corrected chi connectivity index (χ3v) is 10.4. The SMILES string of the molecule is CC/C=C\C/C=C\C/C=C\C/C=C\C/C=C\CCCCCCOCC(COC1OC(CO)C(O)C(O)C1O)OC(=O)CCCCCCC/C=C\CCCCCCCCC. The van der Waals surface area contributed by atoms with Gasteiger partial charge in [0.2, 0.25) is 0 Å². The van der Waals surface area contributed by atoms with Gasteiger partial charge in [-0.15, -0.1) is 0 Å². The third kappa shape index (κ3) is 32.1. The molecular weight excluding hydrogens is 745 g/mol. The van der Waals surface area contributed by atoms with Crippen LogP contribution in [-0.2, 0) is 23.7 Å². The third-order valence-electron chi connectivity index (χ3n) is 10.4. The van der Waals surface area contributed by atoms with Gasteiger partial charge in [-0.1, -0.05) is 157 Å². The fourth-order valence-electron chi connectivity index (χ4n) is 6.69. The van der Waals surface area contributed by atoms with E-state index in [2.05, 4.69) is 86.8 Å². The van der Waals surface area contributed by atoms with Crippen LogP contribution in [0.15, 0.2) is 72.9 Å². The van der Waals surface area contributed by atoms with Crippen LogP contribution >= 0.6 is 0 Å². The van der Waals surface area contributed by atoms with Crippen LogP contribution in [0.3, 0.4) is 0 Å². The highest BCUT2D eigenvalue weighted by atomic mass is 16.7. The summed E-state index contributed by atoms with van der Waals surface area (Å²) in [6, 6.07) is 0. The monoisotopic (exact) mass is 831 g/mol. The number of ether oxygens (including phenoxy) is 4. The van der Waals surface area contributed by atoms with Crippen molar-refractivity contribution in [2.45, 2.75) is 211 Å². The molecule has 1 saturated heterocycles. The van der Waals surface area contributed by atoms with Gasteiger partial charge < -0.3 is 39.4 Å². The van der Waals surface area contributed by atoms with Gasteiger partial charge in [-0.2, -0.15) is 0 Å². The summed E-state index contributed by atoms with van der Waals surface area (Å²) < 4.78 is 22.8. The molecule has 0 aromatic carbocycles. The van der Waals surface area contributed by atoms with E-state index in [0.29, 0.717) is 13.0 Å². The lowest BCUT2D eigenvalue weighted by Crippen LogP contribution is -2.59. The molecule has 0 amide bonds. The molecule has 9 nitrogen and oxygen atoms in total. The van der Waals surface area contributed by atoms with E-state index in [-0.39, 0.29) is 19.2 Å². The lowest BCUT2D eigenvalue weighted by atomic mass is 9.99. The summed E-state index contributed by atoms with van der Waals surface area (Å²) in [5.41, 5.74) is 0. The fourth-order valence-corrected chi connectivity index (χ4v) is 6.69. The van der Waals surface area contributed by atoms with Crippen molar-refractivity contribution in [1.82, 2.24) is 0 Å². The molecule has 6 atom stereocenters. The van der Waals surface area contributed by atoms with Crippen molar-refractivity contribution in [2.24, 2.45) is 0 Å². The minimum Gasteiger partial charge on any atom is -0.457 e. The average molecular weight is 831 g/mol. The first kappa shape index (κ1) is 54.6. The quantitative estimate of drug-likeness (QED) is 0.0271. The summed E-state index contributed by atoms with van der Waals surface area (Å²) in [6.07, 6.45) is 46.4. The molecule has 1 fully saturated rings. The Morgan fingerprint density at radius 1 is 0.559 bits per heavy atom. The predicted octanol–water partition coefficient (Wildman–Crippen LogP) is 10.9. The number of carbonyl (C=O) groups is 1. The maximum atomic E-state index is 12.8. The number of rotatable bonds is 39.